The number of rotatable bonds is 5. The van der Waals surface area contributed by atoms with Gasteiger partial charge < -0.3 is 9.84 Å². The summed E-state index contributed by atoms with van der Waals surface area (Å²) >= 11 is 0.847. The van der Waals surface area contributed by atoms with Crippen molar-refractivity contribution in [3.05, 3.63) is 34.7 Å². The Bertz CT molecular complexity index is 722. The van der Waals surface area contributed by atoms with Crippen LogP contribution in [0.2, 0.25) is 0 Å². The third-order valence-corrected chi connectivity index (χ3v) is 4.77. The van der Waals surface area contributed by atoms with Gasteiger partial charge in [0, 0.05) is 6.07 Å². The Labute approximate surface area is 118 Å². The Balaban J connectivity index is 2.30. The summed E-state index contributed by atoms with van der Waals surface area (Å²) in [6.07, 6.45) is 1.28. The van der Waals surface area contributed by atoms with Crippen LogP contribution in [0.1, 0.15) is 9.67 Å². The van der Waals surface area contributed by atoms with Gasteiger partial charge in [0.05, 0.1) is 19.0 Å². The minimum absolute atomic E-state index is 0.216. The molecule has 0 spiro atoms. The number of carboxylic acids is 1. The molecule has 0 bridgehead atoms. The molecule has 0 amide bonds. The molecule has 0 fully saturated rings. The molecule has 0 aliphatic carbocycles. The molecule has 2 aromatic heterocycles. The van der Waals surface area contributed by atoms with Crippen LogP contribution in [0.15, 0.2) is 34.7 Å². The second-order valence-electron chi connectivity index (χ2n) is 3.61. The molecule has 0 aliphatic rings. The maximum absolute atomic E-state index is 12.1. The summed E-state index contributed by atoms with van der Waals surface area (Å²) in [7, 11) is -2.53. The van der Waals surface area contributed by atoms with Crippen molar-refractivity contribution in [3.8, 4) is 5.88 Å². The van der Waals surface area contributed by atoms with E-state index in [0.29, 0.717) is 5.88 Å². The number of ether oxygens (including phenoxy) is 1. The van der Waals surface area contributed by atoms with Gasteiger partial charge in [-0.3, -0.25) is 4.72 Å². The second-order valence-corrected chi connectivity index (χ2v) is 6.18. The number of sulfonamides is 1. The Morgan fingerprint density at radius 3 is 2.70 bits per heavy atom. The van der Waals surface area contributed by atoms with E-state index in [9.17, 15) is 13.2 Å². The van der Waals surface area contributed by atoms with E-state index >= 15 is 0 Å². The fraction of sp³-hybridized carbons (Fsp3) is 0.0909. The Hall–Kier alpha value is -2.13. The lowest BCUT2D eigenvalue weighted by molar-refractivity contribution is 0.0698. The first-order chi connectivity index (χ1) is 9.44. The molecule has 0 atom stereocenters. The SMILES string of the molecule is COc1ccc(NS(=O)(=O)c2ccsc2C(=O)O)cn1. The summed E-state index contributed by atoms with van der Waals surface area (Å²) < 4.78 is 31.4. The van der Waals surface area contributed by atoms with Gasteiger partial charge in [0.15, 0.2) is 0 Å². The standard InChI is InChI=1S/C11H10N2O5S2/c1-18-9-3-2-7(6-12-9)13-20(16,17)8-4-5-19-10(8)11(14)15/h2-6,13H,1H3,(H,14,15). The van der Waals surface area contributed by atoms with E-state index in [4.69, 9.17) is 9.84 Å². The first-order valence-corrected chi connectivity index (χ1v) is 7.64. The highest BCUT2D eigenvalue weighted by Crippen LogP contribution is 2.24. The molecule has 0 aliphatic heterocycles. The summed E-state index contributed by atoms with van der Waals surface area (Å²) in [5, 5.41) is 10.3. The number of nitrogens with one attached hydrogen (secondary N) is 1. The minimum Gasteiger partial charge on any atom is -0.481 e. The molecule has 7 nitrogen and oxygen atoms in total. The van der Waals surface area contributed by atoms with Crippen LogP contribution in [0.4, 0.5) is 5.69 Å². The molecule has 9 heteroatoms. The monoisotopic (exact) mass is 314 g/mol. The lowest BCUT2D eigenvalue weighted by atomic mass is 10.4. The van der Waals surface area contributed by atoms with Crippen LogP contribution >= 0.6 is 11.3 Å². The maximum Gasteiger partial charge on any atom is 0.347 e. The van der Waals surface area contributed by atoms with Gasteiger partial charge in [0.1, 0.15) is 9.77 Å². The molecule has 20 heavy (non-hydrogen) atoms. The highest BCUT2D eigenvalue weighted by atomic mass is 32.2. The smallest absolute Gasteiger partial charge is 0.347 e. The van der Waals surface area contributed by atoms with Gasteiger partial charge in [-0.05, 0) is 17.5 Å². The summed E-state index contributed by atoms with van der Waals surface area (Å²) in [6, 6.07) is 4.20. The van der Waals surface area contributed by atoms with Crippen LogP contribution in [0.5, 0.6) is 5.88 Å². The Morgan fingerprint density at radius 2 is 2.15 bits per heavy atom. The highest BCUT2D eigenvalue weighted by molar-refractivity contribution is 7.93. The molecule has 0 aromatic carbocycles. The van der Waals surface area contributed by atoms with Crippen LogP contribution in [-0.4, -0.2) is 31.6 Å². The first-order valence-electron chi connectivity index (χ1n) is 5.27. The van der Waals surface area contributed by atoms with Crippen molar-refractivity contribution in [2.24, 2.45) is 0 Å². The lowest BCUT2D eigenvalue weighted by Crippen LogP contribution is -2.15. The Kier molecular flexibility index (Phi) is 3.91. The average molecular weight is 314 g/mol. The zero-order valence-corrected chi connectivity index (χ0v) is 11.9. The number of carbonyl (C=O) groups is 1. The van der Waals surface area contributed by atoms with Gasteiger partial charge in [0.2, 0.25) is 5.88 Å². The van der Waals surface area contributed by atoms with E-state index in [1.54, 1.807) is 0 Å². The second kappa shape index (κ2) is 5.47. The summed E-state index contributed by atoms with van der Waals surface area (Å²) in [5.74, 6) is -0.942. The molecule has 0 saturated heterocycles. The minimum atomic E-state index is -3.97. The fourth-order valence-electron chi connectivity index (χ4n) is 1.44. The predicted molar refractivity (Wildman–Crippen MR) is 72.9 cm³/mol. The van der Waals surface area contributed by atoms with Crippen molar-refractivity contribution < 1.29 is 23.1 Å². The van der Waals surface area contributed by atoms with Crippen LogP contribution < -0.4 is 9.46 Å². The van der Waals surface area contributed by atoms with E-state index in [0.717, 1.165) is 11.3 Å². The molecule has 2 rings (SSSR count). The molecule has 0 radical (unpaired) electrons. The molecule has 0 saturated carbocycles. The third-order valence-electron chi connectivity index (χ3n) is 2.31. The molecular formula is C11H10N2O5S2. The van der Waals surface area contributed by atoms with Gasteiger partial charge in [-0.2, -0.15) is 0 Å². The number of methoxy groups -OCH3 is 1. The molecule has 2 heterocycles. The van der Waals surface area contributed by atoms with E-state index in [2.05, 4.69) is 9.71 Å². The number of aromatic carboxylic acids is 1. The third kappa shape index (κ3) is 2.89. The maximum atomic E-state index is 12.1. The van der Waals surface area contributed by atoms with Gasteiger partial charge in [-0.25, -0.2) is 18.2 Å². The van der Waals surface area contributed by atoms with E-state index in [1.165, 1.54) is 36.9 Å². The van der Waals surface area contributed by atoms with Crippen LogP contribution in [0.25, 0.3) is 0 Å². The predicted octanol–water partition coefficient (Wildman–Crippen LogP) is 1.65. The van der Waals surface area contributed by atoms with E-state index < -0.39 is 16.0 Å². The number of nitrogens with zero attached hydrogens (tertiary/aromatic N) is 1. The number of anilines is 1. The normalized spacial score (nSPS) is 11.1. The number of pyridine rings is 1. The number of thiophene rings is 1. The average Bonchev–Trinajstić information content (AvgIpc) is 2.89. The van der Waals surface area contributed by atoms with E-state index in [1.807, 2.05) is 0 Å². The summed E-state index contributed by atoms with van der Waals surface area (Å²) in [5.41, 5.74) is 0.216. The zero-order valence-electron chi connectivity index (χ0n) is 10.2. The number of hydrogen-bond donors (Lipinski definition) is 2. The quantitative estimate of drug-likeness (QED) is 0.869. The van der Waals surface area contributed by atoms with E-state index in [-0.39, 0.29) is 15.5 Å². The Morgan fingerprint density at radius 1 is 1.40 bits per heavy atom. The van der Waals surface area contributed by atoms with Gasteiger partial charge in [0.25, 0.3) is 10.0 Å². The summed E-state index contributed by atoms with van der Waals surface area (Å²) in [4.78, 5) is 14.3. The molecular weight excluding hydrogens is 304 g/mol. The van der Waals surface area contributed by atoms with Crippen molar-refractivity contribution in [2.75, 3.05) is 11.8 Å². The topological polar surface area (TPSA) is 106 Å². The number of aromatic nitrogens is 1. The number of hydrogen-bond acceptors (Lipinski definition) is 6. The van der Waals surface area contributed by atoms with Crippen molar-refractivity contribution in [1.82, 2.24) is 4.98 Å². The zero-order chi connectivity index (χ0) is 14.8. The van der Waals surface area contributed by atoms with Crippen LogP contribution in [-0.2, 0) is 10.0 Å². The van der Waals surface area contributed by atoms with Gasteiger partial charge >= 0.3 is 5.97 Å². The van der Waals surface area contributed by atoms with Crippen molar-refractivity contribution in [1.29, 1.82) is 0 Å². The fourth-order valence-corrected chi connectivity index (χ4v) is 3.74. The molecule has 2 N–H and O–H groups in total. The number of carboxylic acid groups (broad SMARTS) is 1. The lowest BCUT2D eigenvalue weighted by Gasteiger charge is -2.07. The highest BCUT2D eigenvalue weighted by Gasteiger charge is 2.23. The van der Waals surface area contributed by atoms with Crippen molar-refractivity contribution in [3.63, 3.8) is 0 Å². The molecule has 106 valence electrons. The van der Waals surface area contributed by atoms with Crippen molar-refractivity contribution >= 4 is 33.0 Å². The van der Waals surface area contributed by atoms with Gasteiger partial charge in [-0.15, -0.1) is 11.3 Å². The van der Waals surface area contributed by atoms with Crippen LogP contribution in [0, 0.1) is 0 Å². The van der Waals surface area contributed by atoms with Gasteiger partial charge in [-0.1, -0.05) is 0 Å². The molecule has 2 aromatic rings. The van der Waals surface area contributed by atoms with Crippen LogP contribution in [0.3, 0.4) is 0 Å². The summed E-state index contributed by atoms with van der Waals surface area (Å²) in [6.45, 7) is 0. The first kappa shape index (κ1) is 14.3. The molecule has 0 unspecified atom stereocenters. The van der Waals surface area contributed by atoms with Crippen molar-refractivity contribution in [2.45, 2.75) is 4.90 Å². The largest absolute Gasteiger partial charge is 0.481 e.